The van der Waals surface area contributed by atoms with Gasteiger partial charge in [0.15, 0.2) is 0 Å². The molecule has 1 aromatic heterocycles. The van der Waals surface area contributed by atoms with Gasteiger partial charge in [-0.05, 0) is 55.3 Å². The molecule has 0 saturated heterocycles. The molecule has 0 bridgehead atoms. The minimum absolute atomic E-state index is 0.0441. The second-order valence-electron chi connectivity index (χ2n) is 6.46. The quantitative estimate of drug-likeness (QED) is 0.716. The Labute approximate surface area is 162 Å². The lowest BCUT2D eigenvalue weighted by molar-refractivity contribution is -0.117. The molecule has 0 aliphatic carbocycles. The number of nitrogens with one attached hydrogen (secondary N) is 2. The SMILES string of the molecule is Cc1cc(C)cc(NC(=O)Cn2nc(C(=O)Nc3ccccc3)ccc2=O)c1. The van der Waals surface area contributed by atoms with Gasteiger partial charge in [0.25, 0.3) is 11.5 Å². The van der Waals surface area contributed by atoms with Crippen LogP contribution in [-0.2, 0) is 11.3 Å². The largest absolute Gasteiger partial charge is 0.324 e. The summed E-state index contributed by atoms with van der Waals surface area (Å²) in [7, 11) is 0. The fraction of sp³-hybridized carbons (Fsp3) is 0.143. The van der Waals surface area contributed by atoms with Gasteiger partial charge in [0.2, 0.25) is 5.91 Å². The third kappa shape index (κ3) is 4.91. The molecule has 28 heavy (non-hydrogen) atoms. The Morgan fingerprint density at radius 2 is 1.57 bits per heavy atom. The first-order valence-corrected chi connectivity index (χ1v) is 8.73. The van der Waals surface area contributed by atoms with Gasteiger partial charge in [-0.15, -0.1) is 0 Å². The van der Waals surface area contributed by atoms with E-state index in [1.807, 2.05) is 38.1 Å². The van der Waals surface area contributed by atoms with Crippen LogP contribution in [0.15, 0.2) is 65.5 Å². The molecular formula is C21H20N4O3. The summed E-state index contributed by atoms with van der Waals surface area (Å²) >= 11 is 0. The Morgan fingerprint density at radius 1 is 0.893 bits per heavy atom. The molecule has 142 valence electrons. The van der Waals surface area contributed by atoms with Crippen molar-refractivity contribution in [1.82, 2.24) is 9.78 Å². The fourth-order valence-electron chi connectivity index (χ4n) is 2.78. The molecule has 7 nitrogen and oxygen atoms in total. The number of aryl methyl sites for hydroxylation is 2. The van der Waals surface area contributed by atoms with E-state index in [1.165, 1.54) is 12.1 Å². The molecule has 0 unspecified atom stereocenters. The van der Waals surface area contributed by atoms with Gasteiger partial charge >= 0.3 is 0 Å². The van der Waals surface area contributed by atoms with E-state index in [0.29, 0.717) is 11.4 Å². The summed E-state index contributed by atoms with van der Waals surface area (Å²) in [5.74, 6) is -0.866. The lowest BCUT2D eigenvalue weighted by atomic mass is 10.1. The number of nitrogens with zero attached hydrogens (tertiary/aromatic N) is 2. The Morgan fingerprint density at radius 3 is 2.25 bits per heavy atom. The molecule has 0 radical (unpaired) electrons. The monoisotopic (exact) mass is 376 g/mol. The van der Waals surface area contributed by atoms with Crippen LogP contribution in [0.5, 0.6) is 0 Å². The number of para-hydroxylation sites is 1. The maximum atomic E-state index is 12.3. The van der Waals surface area contributed by atoms with Gasteiger partial charge in [-0.3, -0.25) is 14.4 Å². The maximum absolute atomic E-state index is 12.3. The van der Waals surface area contributed by atoms with Crippen LogP contribution in [-0.4, -0.2) is 21.6 Å². The first kappa shape index (κ1) is 19.0. The molecule has 0 spiro atoms. The fourth-order valence-corrected chi connectivity index (χ4v) is 2.78. The molecule has 2 aromatic carbocycles. The predicted octanol–water partition coefficient (Wildman–Crippen LogP) is 2.75. The number of carbonyl (C=O) groups excluding carboxylic acids is 2. The van der Waals surface area contributed by atoms with Crippen LogP contribution in [0, 0.1) is 13.8 Å². The zero-order valence-electron chi connectivity index (χ0n) is 15.6. The first-order valence-electron chi connectivity index (χ1n) is 8.73. The zero-order chi connectivity index (χ0) is 20.1. The molecule has 7 heteroatoms. The van der Waals surface area contributed by atoms with Gasteiger partial charge in [-0.1, -0.05) is 24.3 Å². The first-order chi connectivity index (χ1) is 13.4. The van der Waals surface area contributed by atoms with Gasteiger partial charge in [0.1, 0.15) is 12.2 Å². The van der Waals surface area contributed by atoms with E-state index in [9.17, 15) is 14.4 Å². The molecule has 1 heterocycles. The number of anilines is 2. The summed E-state index contributed by atoms with van der Waals surface area (Å²) in [5.41, 5.74) is 2.87. The summed E-state index contributed by atoms with van der Waals surface area (Å²) in [4.78, 5) is 36.7. The highest BCUT2D eigenvalue weighted by Gasteiger charge is 2.12. The van der Waals surface area contributed by atoms with E-state index >= 15 is 0 Å². The molecular weight excluding hydrogens is 356 g/mol. The van der Waals surface area contributed by atoms with Crippen LogP contribution in [0.25, 0.3) is 0 Å². The third-order valence-corrected chi connectivity index (χ3v) is 3.93. The summed E-state index contributed by atoms with van der Waals surface area (Å²) in [6.45, 7) is 3.57. The number of hydrogen-bond donors (Lipinski definition) is 2. The van der Waals surface area contributed by atoms with Crippen LogP contribution in [0.3, 0.4) is 0 Å². The lowest BCUT2D eigenvalue weighted by Crippen LogP contribution is -2.31. The van der Waals surface area contributed by atoms with Crippen LogP contribution in [0.4, 0.5) is 11.4 Å². The van der Waals surface area contributed by atoms with Crippen molar-refractivity contribution in [1.29, 1.82) is 0 Å². The smallest absolute Gasteiger partial charge is 0.276 e. The summed E-state index contributed by atoms with van der Waals surface area (Å²) < 4.78 is 0.970. The highest BCUT2D eigenvalue weighted by atomic mass is 16.2. The van der Waals surface area contributed by atoms with Crippen molar-refractivity contribution in [2.24, 2.45) is 0 Å². The predicted molar refractivity (Wildman–Crippen MR) is 107 cm³/mol. The van der Waals surface area contributed by atoms with Gasteiger partial charge in [-0.2, -0.15) is 5.10 Å². The number of aromatic nitrogens is 2. The van der Waals surface area contributed by atoms with Crippen molar-refractivity contribution in [2.45, 2.75) is 20.4 Å². The van der Waals surface area contributed by atoms with Crippen molar-refractivity contribution in [3.05, 3.63) is 87.8 Å². The molecule has 0 saturated carbocycles. The standard InChI is InChI=1S/C21H20N4O3/c1-14-10-15(2)12-17(11-14)22-19(26)13-25-20(27)9-8-18(24-25)21(28)23-16-6-4-3-5-7-16/h3-12H,13H2,1-2H3,(H,22,26)(H,23,28). The van der Waals surface area contributed by atoms with Crippen LogP contribution < -0.4 is 16.2 Å². The third-order valence-electron chi connectivity index (χ3n) is 3.93. The normalized spacial score (nSPS) is 10.4. The van der Waals surface area contributed by atoms with Crippen molar-refractivity contribution in [2.75, 3.05) is 10.6 Å². The van der Waals surface area contributed by atoms with Gasteiger partial charge in [0, 0.05) is 17.4 Å². The Bertz CT molecular complexity index is 1050. The lowest BCUT2D eigenvalue weighted by Gasteiger charge is -2.10. The van der Waals surface area contributed by atoms with Gasteiger partial charge < -0.3 is 10.6 Å². The molecule has 0 fully saturated rings. The molecule has 0 aliphatic rings. The Hall–Kier alpha value is -3.74. The zero-order valence-corrected chi connectivity index (χ0v) is 15.6. The average molecular weight is 376 g/mol. The minimum Gasteiger partial charge on any atom is -0.324 e. The highest BCUT2D eigenvalue weighted by Crippen LogP contribution is 2.13. The summed E-state index contributed by atoms with van der Waals surface area (Å²) in [5, 5.41) is 9.46. The molecule has 3 aromatic rings. The van der Waals surface area contributed by atoms with E-state index in [4.69, 9.17) is 0 Å². The van der Waals surface area contributed by atoms with E-state index in [0.717, 1.165) is 15.8 Å². The number of carbonyl (C=O) groups is 2. The Kier molecular flexibility index (Phi) is 5.64. The van der Waals surface area contributed by atoms with Gasteiger partial charge in [-0.25, -0.2) is 4.68 Å². The van der Waals surface area contributed by atoms with Crippen molar-refractivity contribution < 1.29 is 9.59 Å². The number of rotatable bonds is 5. The number of amides is 2. The van der Waals surface area contributed by atoms with Gasteiger partial charge in [0.05, 0.1) is 0 Å². The second kappa shape index (κ2) is 8.30. The summed E-state index contributed by atoms with van der Waals surface area (Å²) in [6, 6.07) is 17.1. The molecule has 0 aliphatic heterocycles. The van der Waals surface area contributed by atoms with E-state index in [2.05, 4.69) is 15.7 Å². The molecule has 3 rings (SSSR count). The minimum atomic E-state index is -0.466. The van der Waals surface area contributed by atoms with E-state index in [1.54, 1.807) is 24.3 Å². The topological polar surface area (TPSA) is 93.1 Å². The van der Waals surface area contributed by atoms with Crippen LogP contribution >= 0.6 is 0 Å². The average Bonchev–Trinajstić information content (AvgIpc) is 2.63. The molecule has 2 N–H and O–H groups in total. The van der Waals surface area contributed by atoms with Crippen molar-refractivity contribution in [3.8, 4) is 0 Å². The number of benzene rings is 2. The number of hydrogen-bond acceptors (Lipinski definition) is 4. The van der Waals surface area contributed by atoms with E-state index < -0.39 is 17.4 Å². The van der Waals surface area contributed by atoms with Crippen molar-refractivity contribution in [3.63, 3.8) is 0 Å². The Balaban J connectivity index is 1.73. The second-order valence-corrected chi connectivity index (χ2v) is 6.46. The maximum Gasteiger partial charge on any atom is 0.276 e. The van der Waals surface area contributed by atoms with Crippen LogP contribution in [0.1, 0.15) is 21.6 Å². The van der Waals surface area contributed by atoms with Crippen LogP contribution in [0.2, 0.25) is 0 Å². The molecule has 2 amide bonds. The summed E-state index contributed by atoms with van der Waals surface area (Å²) in [6.07, 6.45) is 0. The van der Waals surface area contributed by atoms with E-state index in [-0.39, 0.29) is 12.2 Å². The highest BCUT2D eigenvalue weighted by molar-refractivity contribution is 6.02. The van der Waals surface area contributed by atoms with Crippen molar-refractivity contribution >= 4 is 23.2 Å². The molecule has 0 atom stereocenters.